The van der Waals surface area contributed by atoms with Gasteiger partial charge in [0.25, 0.3) is 0 Å². The summed E-state index contributed by atoms with van der Waals surface area (Å²) in [5.41, 5.74) is 0.0371. The molecular formula is C16H22N4O5. The van der Waals surface area contributed by atoms with Crippen LogP contribution in [0.15, 0.2) is 12.3 Å². The van der Waals surface area contributed by atoms with Crippen molar-refractivity contribution in [3.63, 3.8) is 0 Å². The molecule has 4 atom stereocenters. The van der Waals surface area contributed by atoms with E-state index in [9.17, 15) is 20.1 Å². The van der Waals surface area contributed by atoms with Crippen LogP contribution < -0.4 is 10.2 Å². The van der Waals surface area contributed by atoms with Gasteiger partial charge in [-0.1, -0.05) is 0 Å². The number of nitrogens with one attached hydrogen (secondary N) is 1. The van der Waals surface area contributed by atoms with Crippen LogP contribution in [-0.4, -0.2) is 68.5 Å². The molecule has 136 valence electrons. The average Bonchev–Trinajstić information content (AvgIpc) is 3.17. The summed E-state index contributed by atoms with van der Waals surface area (Å²) in [6.07, 6.45) is -0.326. The second kappa shape index (κ2) is 5.80. The molecule has 2 amide bonds. The number of aromatic nitrogens is 1. The first kappa shape index (κ1) is 16.5. The molecule has 0 spiro atoms. The summed E-state index contributed by atoms with van der Waals surface area (Å²) in [5, 5.41) is 32.9. The fraction of sp³-hybridized carbons (Fsp3) is 0.625. The predicted molar refractivity (Wildman–Crippen MR) is 87.8 cm³/mol. The molecule has 1 aromatic rings. The van der Waals surface area contributed by atoms with E-state index in [0.717, 1.165) is 37.2 Å². The van der Waals surface area contributed by atoms with Crippen molar-refractivity contribution in [3.8, 4) is 0 Å². The molecule has 3 aliphatic heterocycles. The predicted octanol–water partition coefficient (Wildman–Crippen LogP) is -0.184. The standard InChI is InChI=1S/C16H22N4O5/c1-16(24)11(21)13(22)25-14(16)20-8-9-10(19-6-2-3-7-19)4-5-17-12(9)18-15(20)23/h4-5,11,13-14,21-22,24H,2-3,6-8H2,1H3,(H,17,18,23)/t11-,13?,14-,16-/m1/s1. The van der Waals surface area contributed by atoms with E-state index < -0.39 is 30.3 Å². The van der Waals surface area contributed by atoms with Crippen LogP contribution in [0.4, 0.5) is 16.3 Å². The molecule has 4 rings (SSSR count). The van der Waals surface area contributed by atoms with Gasteiger partial charge in [-0.25, -0.2) is 9.78 Å². The Labute approximate surface area is 144 Å². The van der Waals surface area contributed by atoms with Gasteiger partial charge in [-0.15, -0.1) is 0 Å². The van der Waals surface area contributed by atoms with Gasteiger partial charge in [0.05, 0.1) is 6.54 Å². The van der Waals surface area contributed by atoms with E-state index in [1.54, 1.807) is 6.20 Å². The number of carbonyl (C=O) groups excluding carboxylic acids is 1. The molecule has 4 N–H and O–H groups in total. The maximum absolute atomic E-state index is 12.5. The molecular weight excluding hydrogens is 328 g/mol. The van der Waals surface area contributed by atoms with Gasteiger partial charge in [0.1, 0.15) is 17.5 Å². The largest absolute Gasteiger partial charge is 0.385 e. The number of anilines is 2. The van der Waals surface area contributed by atoms with Crippen LogP contribution in [0, 0.1) is 0 Å². The highest BCUT2D eigenvalue weighted by Gasteiger charge is 2.56. The van der Waals surface area contributed by atoms with Crippen molar-refractivity contribution in [3.05, 3.63) is 17.8 Å². The average molecular weight is 350 g/mol. The van der Waals surface area contributed by atoms with Crippen LogP contribution in [0.2, 0.25) is 0 Å². The number of hydrogen-bond acceptors (Lipinski definition) is 7. The molecule has 0 aliphatic carbocycles. The zero-order chi connectivity index (χ0) is 17.8. The smallest absolute Gasteiger partial charge is 0.325 e. The van der Waals surface area contributed by atoms with E-state index in [1.807, 2.05) is 6.07 Å². The van der Waals surface area contributed by atoms with Gasteiger partial charge < -0.3 is 25.0 Å². The highest BCUT2D eigenvalue weighted by molar-refractivity contribution is 5.92. The molecule has 9 nitrogen and oxygen atoms in total. The molecule has 0 aromatic carbocycles. The summed E-state index contributed by atoms with van der Waals surface area (Å²) in [5.74, 6) is 0.490. The van der Waals surface area contributed by atoms with Crippen LogP contribution in [0.3, 0.4) is 0 Å². The summed E-state index contributed by atoms with van der Waals surface area (Å²) in [6.45, 7) is 3.39. The first-order valence-corrected chi connectivity index (χ1v) is 8.44. The van der Waals surface area contributed by atoms with Gasteiger partial charge >= 0.3 is 6.03 Å². The molecule has 9 heteroatoms. The molecule has 0 saturated carbocycles. The van der Waals surface area contributed by atoms with Crippen molar-refractivity contribution >= 4 is 17.5 Å². The van der Waals surface area contributed by atoms with Crippen molar-refractivity contribution in [1.29, 1.82) is 0 Å². The summed E-state index contributed by atoms with van der Waals surface area (Å²) in [4.78, 5) is 20.3. The van der Waals surface area contributed by atoms with E-state index in [-0.39, 0.29) is 6.54 Å². The maximum atomic E-state index is 12.5. The van der Waals surface area contributed by atoms with Gasteiger partial charge in [-0.05, 0) is 25.8 Å². The molecule has 25 heavy (non-hydrogen) atoms. The minimum Gasteiger partial charge on any atom is -0.385 e. The third-order valence-electron chi connectivity index (χ3n) is 5.21. The van der Waals surface area contributed by atoms with Crippen molar-refractivity contribution < 1.29 is 24.9 Å². The van der Waals surface area contributed by atoms with Gasteiger partial charge in [-0.3, -0.25) is 10.2 Å². The summed E-state index contributed by atoms with van der Waals surface area (Å²) in [7, 11) is 0. The first-order chi connectivity index (χ1) is 11.9. The molecule has 3 aliphatic rings. The highest BCUT2D eigenvalue weighted by atomic mass is 16.7. The Morgan fingerprint density at radius 2 is 2.08 bits per heavy atom. The number of urea groups is 1. The number of carbonyl (C=O) groups is 1. The Balaban J connectivity index is 1.67. The Morgan fingerprint density at radius 3 is 2.72 bits per heavy atom. The summed E-state index contributed by atoms with van der Waals surface area (Å²) >= 11 is 0. The molecule has 1 aromatic heterocycles. The second-order valence-electron chi connectivity index (χ2n) is 6.96. The Kier molecular flexibility index (Phi) is 3.84. The fourth-order valence-electron chi connectivity index (χ4n) is 3.77. The number of pyridine rings is 1. The van der Waals surface area contributed by atoms with E-state index in [2.05, 4.69) is 15.2 Å². The SMILES string of the molecule is C[C@@]1(O)[C@H](O)C(O)O[C@H]1N1Cc2c(N3CCCC3)ccnc2NC1=O. The van der Waals surface area contributed by atoms with Crippen LogP contribution >= 0.6 is 0 Å². The quantitative estimate of drug-likeness (QED) is 0.584. The molecule has 0 radical (unpaired) electrons. The Bertz CT molecular complexity index is 691. The van der Waals surface area contributed by atoms with E-state index >= 15 is 0 Å². The van der Waals surface area contributed by atoms with E-state index in [4.69, 9.17) is 4.74 Å². The lowest BCUT2D eigenvalue weighted by atomic mass is 9.98. The van der Waals surface area contributed by atoms with Gasteiger partial charge in [0, 0.05) is 30.5 Å². The second-order valence-corrected chi connectivity index (χ2v) is 6.96. The lowest BCUT2D eigenvalue weighted by Gasteiger charge is -2.39. The molecule has 2 saturated heterocycles. The van der Waals surface area contributed by atoms with Crippen LogP contribution in [0.5, 0.6) is 0 Å². The number of amides is 2. The van der Waals surface area contributed by atoms with Crippen LogP contribution in [0.25, 0.3) is 0 Å². The van der Waals surface area contributed by atoms with Crippen molar-refractivity contribution in [2.75, 3.05) is 23.3 Å². The van der Waals surface area contributed by atoms with Gasteiger partial charge in [0.2, 0.25) is 0 Å². The summed E-state index contributed by atoms with van der Waals surface area (Å²) < 4.78 is 5.27. The van der Waals surface area contributed by atoms with Crippen molar-refractivity contribution in [2.24, 2.45) is 0 Å². The Morgan fingerprint density at radius 1 is 1.36 bits per heavy atom. The van der Waals surface area contributed by atoms with Crippen LogP contribution in [0.1, 0.15) is 25.3 Å². The fourth-order valence-corrected chi connectivity index (χ4v) is 3.77. The van der Waals surface area contributed by atoms with Crippen molar-refractivity contribution in [2.45, 2.75) is 50.5 Å². The summed E-state index contributed by atoms with van der Waals surface area (Å²) in [6, 6.07) is 1.42. The maximum Gasteiger partial charge on any atom is 0.325 e. The van der Waals surface area contributed by atoms with Crippen LogP contribution in [-0.2, 0) is 11.3 Å². The Hall–Kier alpha value is -1.94. The van der Waals surface area contributed by atoms with E-state index in [1.165, 1.54) is 11.8 Å². The number of hydrogen-bond donors (Lipinski definition) is 4. The molecule has 4 heterocycles. The topological polar surface area (TPSA) is 118 Å². The van der Waals surface area contributed by atoms with Gasteiger partial charge in [-0.2, -0.15) is 0 Å². The number of nitrogens with zero attached hydrogens (tertiary/aromatic N) is 3. The number of fused-ring (bicyclic) bond motifs is 1. The molecule has 2 fully saturated rings. The lowest BCUT2D eigenvalue weighted by molar-refractivity contribution is -0.155. The zero-order valence-corrected chi connectivity index (χ0v) is 13.9. The molecule has 1 unspecified atom stereocenters. The normalized spacial score (nSPS) is 35.0. The lowest BCUT2D eigenvalue weighted by Crippen LogP contribution is -2.56. The number of rotatable bonds is 2. The minimum atomic E-state index is -1.79. The molecule has 0 bridgehead atoms. The first-order valence-electron chi connectivity index (χ1n) is 8.44. The number of aliphatic hydroxyl groups is 3. The highest BCUT2D eigenvalue weighted by Crippen LogP contribution is 2.38. The zero-order valence-electron chi connectivity index (χ0n) is 13.9. The number of aliphatic hydroxyl groups excluding tert-OH is 2. The number of ether oxygens (including phenoxy) is 1. The third kappa shape index (κ3) is 2.54. The minimum absolute atomic E-state index is 0.168. The monoisotopic (exact) mass is 350 g/mol. The van der Waals surface area contributed by atoms with E-state index in [0.29, 0.717) is 5.82 Å². The third-order valence-corrected chi connectivity index (χ3v) is 5.21. The van der Waals surface area contributed by atoms with Crippen molar-refractivity contribution in [1.82, 2.24) is 9.88 Å². The van der Waals surface area contributed by atoms with Gasteiger partial charge in [0.15, 0.2) is 12.5 Å².